The number of carbonyl (C=O) groups excluding carboxylic acids is 1. The Kier molecular flexibility index (Phi) is 9.12. The van der Waals surface area contributed by atoms with Gasteiger partial charge in [-0.2, -0.15) is 4.31 Å². The normalized spacial score (nSPS) is 29.1. The van der Waals surface area contributed by atoms with Crippen LogP contribution in [0.1, 0.15) is 38.5 Å². The van der Waals surface area contributed by atoms with Crippen molar-refractivity contribution in [2.75, 3.05) is 45.9 Å². The summed E-state index contributed by atoms with van der Waals surface area (Å²) in [5.41, 5.74) is 0. The number of aliphatic hydroxyl groups excluding tert-OH is 1. The van der Waals surface area contributed by atoms with Crippen LogP contribution in [0.15, 0.2) is 29.2 Å². The van der Waals surface area contributed by atoms with Crippen molar-refractivity contribution in [2.45, 2.75) is 67.8 Å². The predicted molar refractivity (Wildman–Crippen MR) is 127 cm³/mol. The molecule has 9 nitrogen and oxygen atoms in total. The number of nitrogens with zero attached hydrogens (tertiary/aromatic N) is 2. The molecule has 11 heteroatoms. The number of β-amino-alcohol motifs (C(OH)–C–C–N with tert-alkyl or cyclic N) is 1. The van der Waals surface area contributed by atoms with Crippen molar-refractivity contribution in [2.24, 2.45) is 0 Å². The number of benzene rings is 1. The van der Waals surface area contributed by atoms with Gasteiger partial charge in [0.15, 0.2) is 0 Å². The number of amides is 1. The van der Waals surface area contributed by atoms with Crippen LogP contribution in [0.4, 0.5) is 4.39 Å². The molecule has 196 valence electrons. The Morgan fingerprint density at radius 2 is 1.86 bits per heavy atom. The van der Waals surface area contributed by atoms with E-state index in [9.17, 15) is 22.7 Å². The van der Waals surface area contributed by atoms with Gasteiger partial charge in [-0.3, -0.25) is 4.79 Å². The first-order valence-corrected chi connectivity index (χ1v) is 13.9. The highest BCUT2D eigenvalue weighted by atomic mass is 32.2. The van der Waals surface area contributed by atoms with Gasteiger partial charge < -0.3 is 24.8 Å². The number of carbonyl (C=O) groups is 1. The van der Waals surface area contributed by atoms with E-state index in [2.05, 4.69) is 10.2 Å². The zero-order valence-corrected chi connectivity index (χ0v) is 20.8. The molecule has 0 spiro atoms. The summed E-state index contributed by atoms with van der Waals surface area (Å²) in [6.07, 6.45) is 2.96. The maximum Gasteiger partial charge on any atom is 0.243 e. The fraction of sp³-hybridized carbons (Fsp3) is 0.708. The van der Waals surface area contributed by atoms with Crippen LogP contribution in [-0.2, 0) is 24.3 Å². The largest absolute Gasteiger partial charge is 0.389 e. The van der Waals surface area contributed by atoms with Crippen molar-refractivity contribution in [3.05, 3.63) is 30.1 Å². The van der Waals surface area contributed by atoms with E-state index in [4.69, 9.17) is 9.47 Å². The van der Waals surface area contributed by atoms with Crippen LogP contribution in [0.2, 0.25) is 0 Å². The third kappa shape index (κ3) is 6.99. The molecule has 0 saturated carbocycles. The second-order valence-electron chi connectivity index (χ2n) is 9.62. The number of sulfonamides is 1. The van der Waals surface area contributed by atoms with Gasteiger partial charge in [0, 0.05) is 19.6 Å². The lowest BCUT2D eigenvalue weighted by Crippen LogP contribution is -2.57. The maximum absolute atomic E-state index is 13.4. The number of likely N-dealkylation sites (tertiary alicyclic amines) is 1. The average Bonchev–Trinajstić information content (AvgIpc) is 2.83. The summed E-state index contributed by atoms with van der Waals surface area (Å²) in [6.45, 7) is 3.55. The third-order valence-corrected chi connectivity index (χ3v) is 8.87. The van der Waals surface area contributed by atoms with E-state index < -0.39 is 34.1 Å². The molecule has 4 rings (SSSR count). The maximum atomic E-state index is 13.4. The third-order valence-electron chi connectivity index (χ3n) is 6.97. The molecule has 3 heterocycles. The molecule has 4 atom stereocenters. The molecule has 2 N–H and O–H groups in total. The van der Waals surface area contributed by atoms with Gasteiger partial charge in [-0.15, -0.1) is 0 Å². The number of hydrogen-bond acceptors (Lipinski definition) is 7. The lowest BCUT2D eigenvalue weighted by atomic mass is 9.96. The monoisotopic (exact) mass is 513 g/mol. The topological polar surface area (TPSA) is 108 Å². The van der Waals surface area contributed by atoms with Gasteiger partial charge >= 0.3 is 0 Å². The lowest BCUT2D eigenvalue weighted by molar-refractivity contribution is -0.146. The zero-order chi connectivity index (χ0) is 24.8. The fourth-order valence-electron chi connectivity index (χ4n) is 5.13. The smallest absolute Gasteiger partial charge is 0.243 e. The molecule has 1 aromatic rings. The molecule has 0 aromatic heterocycles. The van der Waals surface area contributed by atoms with Crippen LogP contribution in [-0.4, -0.2) is 98.9 Å². The van der Waals surface area contributed by atoms with Gasteiger partial charge in [0.1, 0.15) is 5.82 Å². The number of ether oxygens (including phenoxy) is 2. The van der Waals surface area contributed by atoms with Crippen molar-refractivity contribution >= 4 is 15.9 Å². The molecular weight excluding hydrogens is 477 g/mol. The molecule has 1 amide bonds. The fourth-order valence-corrected chi connectivity index (χ4v) is 6.85. The van der Waals surface area contributed by atoms with E-state index >= 15 is 0 Å². The van der Waals surface area contributed by atoms with E-state index in [0.29, 0.717) is 19.4 Å². The molecule has 3 saturated heterocycles. The van der Waals surface area contributed by atoms with E-state index in [0.717, 1.165) is 31.8 Å². The van der Waals surface area contributed by atoms with Gasteiger partial charge in [0.2, 0.25) is 15.9 Å². The molecule has 35 heavy (non-hydrogen) atoms. The van der Waals surface area contributed by atoms with Crippen molar-refractivity contribution in [3.8, 4) is 0 Å². The highest BCUT2D eigenvalue weighted by Gasteiger charge is 2.43. The predicted octanol–water partition coefficient (Wildman–Crippen LogP) is 1.12. The van der Waals surface area contributed by atoms with Crippen LogP contribution in [0, 0.1) is 5.82 Å². The van der Waals surface area contributed by atoms with Gasteiger partial charge in [-0.05, 0) is 63.0 Å². The minimum absolute atomic E-state index is 0.0241. The van der Waals surface area contributed by atoms with Crippen LogP contribution < -0.4 is 5.32 Å². The Morgan fingerprint density at radius 1 is 1.11 bits per heavy atom. The first-order valence-electron chi connectivity index (χ1n) is 12.5. The SMILES string of the molecule is O=C(C[C@@H]1CC[C@H]2[C@@H](COC[C@@H](O)CN2S(=O)(=O)c2ccc(F)cc2)O1)NCCN1CCCCC1. The first-order chi connectivity index (χ1) is 16.8. The Labute approximate surface area is 206 Å². The second kappa shape index (κ2) is 12.1. The molecule has 1 aromatic carbocycles. The summed E-state index contributed by atoms with van der Waals surface area (Å²) in [7, 11) is -4.00. The van der Waals surface area contributed by atoms with E-state index in [1.54, 1.807) is 0 Å². The van der Waals surface area contributed by atoms with E-state index in [1.165, 1.54) is 35.7 Å². The molecule has 3 aliphatic heterocycles. The molecule has 0 unspecified atom stereocenters. The Hall–Kier alpha value is -1.63. The van der Waals surface area contributed by atoms with Gasteiger partial charge in [-0.25, -0.2) is 12.8 Å². The van der Waals surface area contributed by atoms with Crippen LogP contribution in [0.5, 0.6) is 0 Å². The number of piperidine rings is 1. The highest BCUT2D eigenvalue weighted by Crippen LogP contribution is 2.31. The summed E-state index contributed by atoms with van der Waals surface area (Å²) in [4.78, 5) is 14.8. The van der Waals surface area contributed by atoms with Gasteiger partial charge in [-0.1, -0.05) is 6.42 Å². The summed E-state index contributed by atoms with van der Waals surface area (Å²) in [5.74, 6) is -0.607. The summed E-state index contributed by atoms with van der Waals surface area (Å²) >= 11 is 0. The number of halogens is 1. The first kappa shape index (κ1) is 26.4. The number of fused-ring (bicyclic) bond motifs is 1. The molecule has 0 bridgehead atoms. The number of hydrogen-bond donors (Lipinski definition) is 2. The summed E-state index contributed by atoms with van der Waals surface area (Å²) in [6, 6.07) is 4.10. The molecule has 0 radical (unpaired) electrons. The van der Waals surface area contributed by atoms with Crippen molar-refractivity contribution in [1.29, 1.82) is 0 Å². The van der Waals surface area contributed by atoms with Crippen LogP contribution in [0.25, 0.3) is 0 Å². The number of rotatable bonds is 7. The van der Waals surface area contributed by atoms with E-state index in [1.807, 2.05) is 0 Å². The van der Waals surface area contributed by atoms with Crippen molar-refractivity contribution in [1.82, 2.24) is 14.5 Å². The molecule has 3 fully saturated rings. The van der Waals surface area contributed by atoms with Crippen molar-refractivity contribution < 1.29 is 32.2 Å². The number of nitrogens with one attached hydrogen (secondary N) is 1. The minimum atomic E-state index is -4.00. The van der Waals surface area contributed by atoms with Gasteiger partial charge in [0.05, 0.1) is 48.9 Å². The molecule has 0 aliphatic carbocycles. The van der Waals surface area contributed by atoms with Crippen molar-refractivity contribution in [3.63, 3.8) is 0 Å². The second-order valence-corrected chi connectivity index (χ2v) is 11.5. The van der Waals surface area contributed by atoms with Crippen LogP contribution in [0.3, 0.4) is 0 Å². The minimum Gasteiger partial charge on any atom is -0.389 e. The average molecular weight is 514 g/mol. The molecule has 3 aliphatic rings. The lowest BCUT2D eigenvalue weighted by Gasteiger charge is -2.43. The Morgan fingerprint density at radius 3 is 2.60 bits per heavy atom. The van der Waals surface area contributed by atoms with E-state index in [-0.39, 0.29) is 43.1 Å². The summed E-state index contributed by atoms with van der Waals surface area (Å²) in [5, 5.41) is 13.3. The number of aliphatic hydroxyl groups is 1. The Balaban J connectivity index is 1.36. The summed E-state index contributed by atoms with van der Waals surface area (Å²) < 4.78 is 53.2. The quantitative estimate of drug-likeness (QED) is 0.563. The Bertz CT molecular complexity index is 941. The molecular formula is C24H36FN3O6S. The van der Waals surface area contributed by atoms with Gasteiger partial charge in [0.25, 0.3) is 0 Å². The van der Waals surface area contributed by atoms with Crippen LogP contribution >= 0.6 is 0 Å². The highest BCUT2D eigenvalue weighted by molar-refractivity contribution is 7.89. The standard InChI is InChI=1S/C24H36FN3O6S/c25-18-4-7-21(8-5-18)35(31,32)28-15-19(29)16-33-17-23-22(28)9-6-20(34-23)14-24(30)26-10-13-27-11-2-1-3-12-27/h4-5,7-8,19-20,22-23,29H,1-3,6,9-17H2,(H,26,30)/t19-,20-,22-,23+/m0/s1. The zero-order valence-electron chi connectivity index (χ0n) is 20.0.